The molecule has 0 aliphatic carbocycles. The van der Waals surface area contributed by atoms with Crippen molar-refractivity contribution in [3.63, 3.8) is 0 Å². The SMILES string of the molecule is CC(C)(O)C#Cc1ccnc2ccc(-c3cnc(Cl)c(NS(=O)(=O)c4ccc(F)cc4F)c3)cc12. The van der Waals surface area contributed by atoms with Crippen LogP contribution in [-0.4, -0.2) is 29.1 Å². The second-order valence-corrected chi connectivity index (χ2v) is 10.2. The maximum atomic E-state index is 14.1. The van der Waals surface area contributed by atoms with Crippen molar-refractivity contribution in [1.82, 2.24) is 9.97 Å². The molecule has 0 spiro atoms. The summed E-state index contributed by atoms with van der Waals surface area (Å²) in [6.07, 6.45) is 3.07. The third-order valence-corrected chi connectivity index (χ3v) is 6.54. The normalized spacial score (nSPS) is 11.7. The lowest BCUT2D eigenvalue weighted by atomic mass is 10.0. The van der Waals surface area contributed by atoms with Crippen molar-refractivity contribution in [1.29, 1.82) is 0 Å². The number of anilines is 1. The number of aromatic nitrogens is 2. The summed E-state index contributed by atoms with van der Waals surface area (Å²) in [6, 6.07) is 10.7. The molecule has 4 aromatic rings. The minimum Gasteiger partial charge on any atom is -0.378 e. The number of sulfonamides is 1. The molecular formula is C25H18ClF2N3O3S. The van der Waals surface area contributed by atoms with E-state index in [0.29, 0.717) is 33.7 Å². The minimum atomic E-state index is -4.41. The number of nitrogens with zero attached hydrogens (tertiary/aromatic N) is 2. The average molecular weight is 514 g/mol. The van der Waals surface area contributed by atoms with Gasteiger partial charge in [-0.2, -0.15) is 0 Å². The summed E-state index contributed by atoms with van der Waals surface area (Å²) in [7, 11) is -4.41. The van der Waals surface area contributed by atoms with Gasteiger partial charge in [-0.1, -0.05) is 29.5 Å². The summed E-state index contributed by atoms with van der Waals surface area (Å²) in [5.74, 6) is 3.59. The van der Waals surface area contributed by atoms with E-state index >= 15 is 0 Å². The number of fused-ring (bicyclic) bond motifs is 1. The Morgan fingerprint density at radius 3 is 2.51 bits per heavy atom. The van der Waals surface area contributed by atoms with Crippen LogP contribution < -0.4 is 4.72 Å². The highest BCUT2D eigenvalue weighted by Gasteiger charge is 2.21. The van der Waals surface area contributed by atoms with Gasteiger partial charge in [0.15, 0.2) is 5.15 Å². The van der Waals surface area contributed by atoms with Gasteiger partial charge < -0.3 is 5.11 Å². The molecule has 10 heteroatoms. The van der Waals surface area contributed by atoms with Gasteiger partial charge in [-0.3, -0.25) is 9.71 Å². The molecule has 0 saturated heterocycles. The van der Waals surface area contributed by atoms with Crippen molar-refractivity contribution in [3.05, 3.63) is 83.3 Å². The van der Waals surface area contributed by atoms with Crippen LogP contribution in [0.2, 0.25) is 5.15 Å². The van der Waals surface area contributed by atoms with E-state index in [2.05, 4.69) is 26.5 Å². The second kappa shape index (κ2) is 9.23. The zero-order chi connectivity index (χ0) is 25.4. The minimum absolute atomic E-state index is 0.0822. The van der Waals surface area contributed by atoms with Gasteiger partial charge in [-0.05, 0) is 55.8 Å². The van der Waals surface area contributed by atoms with E-state index in [1.807, 2.05) is 0 Å². The van der Waals surface area contributed by atoms with Crippen LogP contribution in [0.15, 0.2) is 65.8 Å². The van der Waals surface area contributed by atoms with Crippen molar-refractivity contribution < 1.29 is 22.3 Å². The highest BCUT2D eigenvalue weighted by atomic mass is 35.5. The molecule has 2 N–H and O–H groups in total. The van der Waals surface area contributed by atoms with Gasteiger partial charge in [0.1, 0.15) is 22.1 Å². The first kappa shape index (κ1) is 24.5. The number of benzene rings is 2. The van der Waals surface area contributed by atoms with Crippen LogP contribution >= 0.6 is 11.6 Å². The first-order valence-electron chi connectivity index (χ1n) is 10.2. The molecule has 0 atom stereocenters. The summed E-state index contributed by atoms with van der Waals surface area (Å²) < 4.78 is 54.9. The fourth-order valence-electron chi connectivity index (χ4n) is 3.23. The molecule has 35 heavy (non-hydrogen) atoms. The Kier molecular flexibility index (Phi) is 6.47. The summed E-state index contributed by atoms with van der Waals surface area (Å²) in [5.41, 5.74) is 1.23. The maximum Gasteiger partial charge on any atom is 0.264 e. The third kappa shape index (κ3) is 5.57. The zero-order valence-corrected chi connectivity index (χ0v) is 20.0. The van der Waals surface area contributed by atoms with Crippen LogP contribution in [0.5, 0.6) is 0 Å². The molecule has 6 nitrogen and oxygen atoms in total. The van der Waals surface area contributed by atoms with E-state index < -0.39 is 32.2 Å². The first-order valence-corrected chi connectivity index (χ1v) is 12.1. The molecule has 0 unspecified atom stereocenters. The molecule has 0 fully saturated rings. The molecule has 0 aliphatic heterocycles. The standard InChI is InChI=1S/C25H18ClF2N3O3S/c1-25(2,32)9-7-15-8-10-29-21-5-3-16(11-19(15)21)17-12-22(24(26)30-14-17)31-35(33,34)23-6-4-18(27)13-20(23)28/h3-6,8,10-14,31-32H,1-2H3. The molecule has 0 amide bonds. The molecule has 0 radical (unpaired) electrons. The monoisotopic (exact) mass is 513 g/mol. The van der Waals surface area contributed by atoms with Crippen LogP contribution in [0.4, 0.5) is 14.5 Å². The Morgan fingerprint density at radius 2 is 1.80 bits per heavy atom. The lowest BCUT2D eigenvalue weighted by molar-refractivity contribution is 0.143. The van der Waals surface area contributed by atoms with Gasteiger partial charge in [0.2, 0.25) is 0 Å². The maximum absolute atomic E-state index is 14.1. The number of hydrogen-bond acceptors (Lipinski definition) is 5. The number of pyridine rings is 2. The lowest BCUT2D eigenvalue weighted by Crippen LogP contribution is -2.15. The van der Waals surface area contributed by atoms with E-state index in [1.165, 1.54) is 12.3 Å². The van der Waals surface area contributed by atoms with Crippen LogP contribution in [0.25, 0.3) is 22.0 Å². The molecule has 2 aromatic carbocycles. The van der Waals surface area contributed by atoms with Gasteiger partial charge in [-0.15, -0.1) is 0 Å². The lowest BCUT2D eigenvalue weighted by Gasteiger charge is -2.12. The van der Waals surface area contributed by atoms with Gasteiger partial charge in [-0.25, -0.2) is 22.2 Å². The Bertz CT molecular complexity index is 1630. The number of halogens is 3. The van der Waals surface area contributed by atoms with E-state index in [9.17, 15) is 22.3 Å². The van der Waals surface area contributed by atoms with Crippen LogP contribution in [0, 0.1) is 23.5 Å². The molecular weight excluding hydrogens is 496 g/mol. The van der Waals surface area contributed by atoms with E-state index in [-0.39, 0.29) is 10.8 Å². The van der Waals surface area contributed by atoms with Gasteiger partial charge in [0, 0.05) is 35.0 Å². The number of nitrogens with one attached hydrogen (secondary N) is 1. The van der Waals surface area contributed by atoms with Crippen molar-refractivity contribution in [2.24, 2.45) is 0 Å². The Morgan fingerprint density at radius 1 is 1.03 bits per heavy atom. The fourth-order valence-corrected chi connectivity index (χ4v) is 4.55. The van der Waals surface area contributed by atoms with Gasteiger partial charge in [0.05, 0.1) is 11.2 Å². The predicted molar refractivity (Wildman–Crippen MR) is 130 cm³/mol. The fraction of sp³-hybridized carbons (Fsp3) is 0.120. The predicted octanol–water partition coefficient (Wildman–Crippen LogP) is 5.15. The quantitative estimate of drug-likeness (QED) is 0.291. The van der Waals surface area contributed by atoms with E-state index in [4.69, 9.17) is 11.6 Å². The molecule has 0 bridgehead atoms. The Labute approximate surface area is 205 Å². The summed E-state index contributed by atoms with van der Waals surface area (Å²) in [5, 5.41) is 10.5. The Hall–Kier alpha value is -3.58. The highest BCUT2D eigenvalue weighted by molar-refractivity contribution is 7.92. The molecule has 0 saturated carbocycles. The molecule has 2 aromatic heterocycles. The number of aliphatic hydroxyl groups is 1. The highest BCUT2D eigenvalue weighted by Crippen LogP contribution is 2.31. The van der Waals surface area contributed by atoms with Crippen LogP contribution in [0.3, 0.4) is 0 Å². The third-order valence-electron chi connectivity index (χ3n) is 4.84. The van der Waals surface area contributed by atoms with Crippen LogP contribution in [-0.2, 0) is 10.0 Å². The smallest absolute Gasteiger partial charge is 0.264 e. The number of rotatable bonds is 4. The van der Waals surface area contributed by atoms with Crippen molar-refractivity contribution in [2.75, 3.05) is 4.72 Å². The molecule has 0 aliphatic rings. The molecule has 178 valence electrons. The van der Waals surface area contributed by atoms with E-state index in [1.54, 1.807) is 44.3 Å². The van der Waals surface area contributed by atoms with Crippen LogP contribution in [0.1, 0.15) is 19.4 Å². The first-order chi connectivity index (χ1) is 16.4. The van der Waals surface area contributed by atoms with Crippen molar-refractivity contribution in [2.45, 2.75) is 24.3 Å². The topological polar surface area (TPSA) is 92.2 Å². The van der Waals surface area contributed by atoms with Gasteiger partial charge >= 0.3 is 0 Å². The largest absolute Gasteiger partial charge is 0.378 e. The second-order valence-electron chi connectivity index (χ2n) is 8.14. The molecule has 2 heterocycles. The van der Waals surface area contributed by atoms with E-state index in [0.717, 1.165) is 12.1 Å². The van der Waals surface area contributed by atoms with Crippen molar-refractivity contribution in [3.8, 4) is 23.0 Å². The van der Waals surface area contributed by atoms with Gasteiger partial charge in [0.25, 0.3) is 10.0 Å². The average Bonchev–Trinajstić information content (AvgIpc) is 2.78. The number of hydrogen-bond donors (Lipinski definition) is 2. The summed E-state index contributed by atoms with van der Waals surface area (Å²) >= 11 is 6.10. The zero-order valence-electron chi connectivity index (χ0n) is 18.5. The molecule has 4 rings (SSSR count). The summed E-state index contributed by atoms with van der Waals surface area (Å²) in [4.78, 5) is 7.65. The van der Waals surface area contributed by atoms with Crippen molar-refractivity contribution >= 4 is 38.2 Å². The summed E-state index contributed by atoms with van der Waals surface area (Å²) in [6.45, 7) is 3.16. The Balaban J connectivity index is 1.75.